The van der Waals surface area contributed by atoms with Crippen LogP contribution in [0.2, 0.25) is 0 Å². The lowest BCUT2D eigenvalue weighted by atomic mass is 9.77. The smallest absolute Gasteiger partial charge is 0.308 e. The Hall–Kier alpha value is -1.77. The number of rotatable bonds is 2. The molecule has 17 saturated heterocycles. The van der Waals surface area contributed by atoms with E-state index in [0.29, 0.717) is 77.2 Å². The number of aliphatic hydroxyl groups excluding tert-OH is 2. The van der Waals surface area contributed by atoms with Crippen molar-refractivity contribution >= 4 is 5.97 Å². The third-order valence-electron chi connectivity index (χ3n) is 22.8. The molecule has 450 valence electrons. The fourth-order valence-corrected chi connectivity index (χ4v) is 19.0. The lowest BCUT2D eigenvalue weighted by Gasteiger charge is -2.54. The SMILES string of the molecule is C=C1C[C@@H]2CC[C@@]34CC5(O)O[C@H]6[C@@H](O3)[C@H]3O[C@H](CC[C@@H]3O[C@H]6C5O4)CC(=O)O[C@@H]3[C@@H](C)[C@@H]4O[C@@H]5C[C@@]6(C[C@@H]7O[C@]8(C[C@H](C)[C@@H]9O[C@@H]%10[C@@H]([C@@H](O)CO)CO[C@@H]%10C[C@@H]9O8)C[C@H](C)[C@@H]7O6)O[C@@H]5C[C@@H]4O[C@H]3C[C@H]3O[C@@H](CC[C@@H]1O2)C[C@@H](C)C3=C. The molecule has 0 radical (unpaired) electrons. The van der Waals surface area contributed by atoms with Crippen LogP contribution >= 0.6 is 0 Å². The highest BCUT2D eigenvalue weighted by atomic mass is 16.8. The molecule has 17 rings (SSSR count). The van der Waals surface area contributed by atoms with Crippen molar-refractivity contribution in [2.24, 2.45) is 29.6 Å². The zero-order valence-corrected chi connectivity index (χ0v) is 47.4. The van der Waals surface area contributed by atoms with E-state index in [1.165, 1.54) is 0 Å². The number of hydrogen-bond acceptors (Lipinski definition) is 20. The van der Waals surface area contributed by atoms with Crippen molar-refractivity contribution in [3.63, 3.8) is 0 Å². The van der Waals surface area contributed by atoms with Crippen LogP contribution in [-0.4, -0.2) is 204 Å². The van der Waals surface area contributed by atoms with E-state index in [0.717, 1.165) is 36.8 Å². The van der Waals surface area contributed by atoms with Gasteiger partial charge in [0.25, 0.3) is 0 Å². The zero-order chi connectivity index (χ0) is 55.2. The summed E-state index contributed by atoms with van der Waals surface area (Å²) in [6.07, 6.45) is 0.657. The molecule has 0 aromatic heterocycles. The number of carbonyl (C=O) groups is 1. The Labute approximate surface area is 474 Å². The molecule has 33 atom stereocenters. The van der Waals surface area contributed by atoms with Crippen molar-refractivity contribution in [1.29, 1.82) is 0 Å². The molecule has 0 saturated carbocycles. The van der Waals surface area contributed by atoms with E-state index in [1.807, 2.05) is 0 Å². The Balaban J connectivity index is 0.630. The quantitative estimate of drug-likeness (QED) is 0.256. The van der Waals surface area contributed by atoms with Gasteiger partial charge in [-0.1, -0.05) is 40.9 Å². The van der Waals surface area contributed by atoms with E-state index < -0.39 is 84.2 Å². The highest BCUT2D eigenvalue weighted by Crippen LogP contribution is 2.60. The van der Waals surface area contributed by atoms with Gasteiger partial charge in [0.2, 0.25) is 5.79 Å². The Morgan fingerprint density at radius 2 is 1.25 bits per heavy atom. The fraction of sp³-hybridized carbons (Fsp3) is 0.918. The highest BCUT2D eigenvalue weighted by molar-refractivity contribution is 5.70. The largest absolute Gasteiger partial charge is 0.459 e. The van der Waals surface area contributed by atoms with Gasteiger partial charge in [0.15, 0.2) is 17.4 Å². The van der Waals surface area contributed by atoms with Crippen LogP contribution in [0.15, 0.2) is 24.3 Å². The zero-order valence-electron chi connectivity index (χ0n) is 47.4. The first-order valence-corrected chi connectivity index (χ1v) is 31.4. The highest BCUT2D eigenvalue weighted by Gasteiger charge is 2.75. The van der Waals surface area contributed by atoms with Crippen LogP contribution < -0.4 is 0 Å². The van der Waals surface area contributed by atoms with Gasteiger partial charge in [-0.25, -0.2) is 0 Å². The van der Waals surface area contributed by atoms with Crippen molar-refractivity contribution in [3.8, 4) is 0 Å². The summed E-state index contributed by atoms with van der Waals surface area (Å²) in [4.78, 5) is 14.6. The number of aliphatic hydroxyl groups is 3. The normalized spacial score (nSPS) is 59.3. The van der Waals surface area contributed by atoms with Gasteiger partial charge >= 0.3 is 5.97 Å². The maximum Gasteiger partial charge on any atom is 0.308 e. The molecule has 12 bridgehead atoms. The molecular formula is C61H86O20. The summed E-state index contributed by atoms with van der Waals surface area (Å²) < 4.78 is 110. The first kappa shape index (κ1) is 54.6. The van der Waals surface area contributed by atoms with Gasteiger partial charge in [-0.2, -0.15) is 0 Å². The molecule has 2 unspecified atom stereocenters. The molecule has 0 aliphatic carbocycles. The molecule has 0 amide bonds. The maximum atomic E-state index is 14.6. The Bertz CT molecular complexity index is 2470. The van der Waals surface area contributed by atoms with Crippen LogP contribution in [0.5, 0.6) is 0 Å². The molecule has 3 N–H and O–H groups in total. The molecule has 3 spiro atoms. The van der Waals surface area contributed by atoms with Crippen molar-refractivity contribution < 1.29 is 95.9 Å². The standard InChI is InChI=1S/C61H86O20/c1-26-13-32-7-9-37-27(2)14-34(67-37)11-12-58-25-61(65)57(81-58)56-55(80-61)54(79-58)53-38(71-56)10-8-33(69-53)15-47(64)73-51-31(6)50-43(70-42(51)16-39(68-32)30(26)5)17-40-45(72-50)21-60(75-40)22-46-49(78-60)29(4)20-59(77-46)19-28(3)48-44(76-59)18-41-52(74-48)35(24-66-41)36(63)23-62/h26,28-29,31-46,48-57,62-63,65H,2,5,7-25H2,1,3-4,6H3/t26-,28+,29+,31+,32+,33-,34+,35-,36+,37+,38+,39-,40-,41-,42+,43+,44+,45-,46+,48+,49+,50+,51-,52-,53+,54+,55+,56-,57?,58-,59-,60-,61?/m1/s1. The maximum absolute atomic E-state index is 14.6. The second-order valence-electron chi connectivity index (χ2n) is 28.3. The van der Waals surface area contributed by atoms with Crippen molar-refractivity contribution in [2.45, 2.75) is 306 Å². The lowest BCUT2D eigenvalue weighted by Crippen LogP contribution is -2.62. The average molecular weight is 1140 g/mol. The topological polar surface area (TPSA) is 225 Å². The number of esters is 1. The monoisotopic (exact) mass is 1140 g/mol. The first-order chi connectivity index (χ1) is 38.9. The number of ether oxygens (including phenoxy) is 16. The third kappa shape index (κ3) is 9.04. The first-order valence-electron chi connectivity index (χ1n) is 31.4. The second-order valence-corrected chi connectivity index (χ2v) is 28.3. The Morgan fingerprint density at radius 3 is 2.10 bits per heavy atom. The second kappa shape index (κ2) is 19.9. The van der Waals surface area contributed by atoms with Crippen molar-refractivity contribution in [3.05, 3.63) is 24.3 Å². The summed E-state index contributed by atoms with van der Waals surface area (Å²) in [5, 5.41) is 32.2. The molecule has 81 heavy (non-hydrogen) atoms. The predicted octanol–water partition coefficient (Wildman–Crippen LogP) is 4.51. The van der Waals surface area contributed by atoms with E-state index >= 15 is 0 Å². The minimum atomic E-state index is -1.54. The van der Waals surface area contributed by atoms with Crippen LogP contribution in [0.3, 0.4) is 0 Å². The molecule has 17 aliphatic rings. The van der Waals surface area contributed by atoms with Crippen LogP contribution in [-0.2, 0) is 80.6 Å². The third-order valence-corrected chi connectivity index (χ3v) is 22.8. The molecule has 20 heteroatoms. The lowest BCUT2D eigenvalue weighted by molar-refractivity contribution is -0.370. The summed E-state index contributed by atoms with van der Waals surface area (Å²) in [7, 11) is 0. The van der Waals surface area contributed by atoms with E-state index in [9.17, 15) is 20.1 Å². The molecule has 17 fully saturated rings. The molecule has 17 aliphatic heterocycles. The predicted molar refractivity (Wildman–Crippen MR) is 278 cm³/mol. The van der Waals surface area contributed by atoms with Crippen LogP contribution in [0.4, 0.5) is 0 Å². The number of fused-ring (bicyclic) bond motifs is 11. The van der Waals surface area contributed by atoms with Gasteiger partial charge in [-0.3, -0.25) is 4.79 Å². The van der Waals surface area contributed by atoms with Gasteiger partial charge < -0.3 is 91.1 Å². The Morgan fingerprint density at radius 1 is 0.543 bits per heavy atom. The van der Waals surface area contributed by atoms with E-state index in [-0.39, 0.29) is 140 Å². The molecule has 0 aromatic rings. The fourth-order valence-electron chi connectivity index (χ4n) is 19.0. The van der Waals surface area contributed by atoms with E-state index in [1.54, 1.807) is 0 Å². The summed E-state index contributed by atoms with van der Waals surface area (Å²) in [6, 6.07) is 0. The molecule has 0 aromatic carbocycles. The minimum absolute atomic E-state index is 0.0214. The van der Waals surface area contributed by atoms with Gasteiger partial charge in [-0.05, 0) is 73.8 Å². The van der Waals surface area contributed by atoms with Crippen LogP contribution in [0.1, 0.15) is 137 Å². The van der Waals surface area contributed by atoms with Crippen LogP contribution in [0, 0.1) is 29.6 Å². The number of carbonyl (C=O) groups excluding carboxylic acids is 1. The van der Waals surface area contributed by atoms with Crippen LogP contribution in [0.25, 0.3) is 0 Å². The summed E-state index contributed by atoms with van der Waals surface area (Å²) in [5.74, 6) is -4.88. The summed E-state index contributed by atoms with van der Waals surface area (Å²) in [5.41, 5.74) is 2.09. The summed E-state index contributed by atoms with van der Waals surface area (Å²) >= 11 is 0. The van der Waals surface area contributed by atoms with Crippen molar-refractivity contribution in [1.82, 2.24) is 0 Å². The van der Waals surface area contributed by atoms with E-state index in [2.05, 4.69) is 40.9 Å². The van der Waals surface area contributed by atoms with Gasteiger partial charge in [-0.15, -0.1) is 0 Å². The van der Waals surface area contributed by atoms with E-state index in [4.69, 9.17) is 75.8 Å². The molecule has 17 heterocycles. The minimum Gasteiger partial charge on any atom is -0.459 e. The van der Waals surface area contributed by atoms with Gasteiger partial charge in [0.1, 0.15) is 36.6 Å². The van der Waals surface area contributed by atoms with Gasteiger partial charge in [0, 0.05) is 63.2 Å². The van der Waals surface area contributed by atoms with Gasteiger partial charge in [0.05, 0.1) is 136 Å². The van der Waals surface area contributed by atoms with Crippen molar-refractivity contribution in [2.75, 3.05) is 13.2 Å². The summed E-state index contributed by atoms with van der Waals surface area (Å²) in [6.45, 7) is 17.9. The number of hydrogen-bond donors (Lipinski definition) is 3. The Kier molecular flexibility index (Phi) is 13.4. The molecular weight excluding hydrogens is 1050 g/mol. The molecule has 20 nitrogen and oxygen atoms in total. The average Bonchev–Trinajstić information content (AvgIpc) is 3.91.